The van der Waals surface area contributed by atoms with Crippen LogP contribution in [0, 0.1) is 0 Å². The maximum absolute atomic E-state index is 11.4. The van der Waals surface area contributed by atoms with Crippen molar-refractivity contribution in [1.82, 2.24) is 9.97 Å². The number of ether oxygens (including phenoxy) is 1. The zero-order chi connectivity index (χ0) is 11.1. The van der Waals surface area contributed by atoms with E-state index in [0.29, 0.717) is 17.7 Å². The Morgan fingerprint density at radius 1 is 1.53 bits per heavy atom. The largest absolute Gasteiger partial charge is 0.364 e. The second-order valence-electron chi connectivity index (χ2n) is 3.77. The summed E-state index contributed by atoms with van der Waals surface area (Å²) in [5, 5.41) is 0. The molecule has 80 valence electrons. The van der Waals surface area contributed by atoms with Crippen LogP contribution in [-0.4, -0.2) is 9.97 Å². The van der Waals surface area contributed by atoms with Crippen LogP contribution in [-0.2, 0) is 16.9 Å². The maximum Gasteiger partial charge on any atom is 0.326 e. The number of rotatable bonds is 2. The lowest BCUT2D eigenvalue weighted by Crippen LogP contribution is -2.30. The molecular formula is C10H12N2O3. The van der Waals surface area contributed by atoms with Crippen LogP contribution in [0.3, 0.4) is 0 Å². The minimum absolute atomic E-state index is 0.228. The number of hydrogen-bond acceptors (Lipinski definition) is 3. The molecule has 0 amide bonds. The molecule has 1 aliphatic rings. The first-order valence-electron chi connectivity index (χ1n) is 4.67. The molecule has 0 aliphatic carbocycles. The summed E-state index contributed by atoms with van der Waals surface area (Å²) in [6, 6.07) is 0. The standard InChI is InChI=1S/C10H12N2O3/c1-3-4-10(2)7-6(5-15-10)8(13)12-9(14)11-7/h3H,1,4-5H2,2H3,(H2,11,12,13,14). The first-order valence-corrected chi connectivity index (χ1v) is 4.67. The molecule has 2 N–H and O–H groups in total. The first-order chi connectivity index (χ1) is 7.07. The summed E-state index contributed by atoms with van der Waals surface area (Å²) < 4.78 is 5.53. The molecule has 0 spiro atoms. The zero-order valence-electron chi connectivity index (χ0n) is 8.42. The number of hydrogen-bond donors (Lipinski definition) is 2. The van der Waals surface area contributed by atoms with Crippen LogP contribution >= 0.6 is 0 Å². The molecule has 0 aromatic carbocycles. The van der Waals surface area contributed by atoms with Crippen molar-refractivity contribution in [3.05, 3.63) is 44.8 Å². The van der Waals surface area contributed by atoms with Gasteiger partial charge in [-0.15, -0.1) is 6.58 Å². The molecule has 2 rings (SSSR count). The Hall–Kier alpha value is -1.62. The summed E-state index contributed by atoms with van der Waals surface area (Å²) in [6.07, 6.45) is 2.26. The van der Waals surface area contributed by atoms with Gasteiger partial charge in [-0.3, -0.25) is 9.78 Å². The predicted octanol–water partition coefficient (Wildman–Crippen LogP) is 0.385. The summed E-state index contributed by atoms with van der Waals surface area (Å²) in [7, 11) is 0. The van der Waals surface area contributed by atoms with E-state index < -0.39 is 11.3 Å². The monoisotopic (exact) mass is 208 g/mol. The number of fused-ring (bicyclic) bond motifs is 1. The van der Waals surface area contributed by atoms with Gasteiger partial charge in [0.05, 0.1) is 17.9 Å². The molecule has 5 heteroatoms. The van der Waals surface area contributed by atoms with Crippen LogP contribution in [0.5, 0.6) is 0 Å². The van der Waals surface area contributed by atoms with Crippen molar-refractivity contribution in [1.29, 1.82) is 0 Å². The molecule has 1 aromatic rings. The lowest BCUT2D eigenvalue weighted by atomic mass is 9.97. The van der Waals surface area contributed by atoms with E-state index in [4.69, 9.17) is 4.74 Å². The molecule has 1 aromatic heterocycles. The quantitative estimate of drug-likeness (QED) is 0.690. The van der Waals surface area contributed by atoms with Gasteiger partial charge in [0, 0.05) is 0 Å². The Labute approximate surface area is 85.8 Å². The summed E-state index contributed by atoms with van der Waals surface area (Å²) in [5.74, 6) is 0. The molecule has 1 aliphatic heterocycles. The Kier molecular flexibility index (Phi) is 2.12. The highest BCUT2D eigenvalue weighted by atomic mass is 16.5. The number of aromatic nitrogens is 2. The van der Waals surface area contributed by atoms with Gasteiger partial charge in [-0.05, 0) is 13.3 Å². The third kappa shape index (κ3) is 1.45. The van der Waals surface area contributed by atoms with Crippen LogP contribution < -0.4 is 11.2 Å². The highest BCUT2D eigenvalue weighted by Crippen LogP contribution is 2.35. The van der Waals surface area contributed by atoms with E-state index in [-0.39, 0.29) is 12.2 Å². The molecule has 0 saturated heterocycles. The van der Waals surface area contributed by atoms with Crippen LogP contribution in [0.2, 0.25) is 0 Å². The highest BCUT2D eigenvalue weighted by molar-refractivity contribution is 5.26. The van der Waals surface area contributed by atoms with Gasteiger partial charge in [0.25, 0.3) is 5.56 Å². The molecule has 0 saturated carbocycles. The van der Waals surface area contributed by atoms with Crippen molar-refractivity contribution in [2.24, 2.45) is 0 Å². The summed E-state index contributed by atoms with van der Waals surface area (Å²) in [4.78, 5) is 27.4. The van der Waals surface area contributed by atoms with Gasteiger partial charge in [-0.25, -0.2) is 4.79 Å². The maximum atomic E-state index is 11.4. The van der Waals surface area contributed by atoms with Crippen molar-refractivity contribution in [3.63, 3.8) is 0 Å². The van der Waals surface area contributed by atoms with Gasteiger partial charge in [-0.2, -0.15) is 0 Å². The van der Waals surface area contributed by atoms with Gasteiger partial charge in [0.1, 0.15) is 5.60 Å². The molecule has 15 heavy (non-hydrogen) atoms. The van der Waals surface area contributed by atoms with Crippen molar-refractivity contribution in [3.8, 4) is 0 Å². The van der Waals surface area contributed by atoms with E-state index >= 15 is 0 Å². The van der Waals surface area contributed by atoms with Crippen LogP contribution in [0.1, 0.15) is 24.6 Å². The van der Waals surface area contributed by atoms with E-state index in [1.807, 2.05) is 6.92 Å². The van der Waals surface area contributed by atoms with E-state index in [2.05, 4.69) is 16.5 Å². The van der Waals surface area contributed by atoms with Crippen molar-refractivity contribution in [2.75, 3.05) is 0 Å². The molecule has 5 nitrogen and oxygen atoms in total. The average Bonchev–Trinajstić information content (AvgIpc) is 2.45. The fourth-order valence-corrected chi connectivity index (χ4v) is 1.84. The molecule has 0 bridgehead atoms. The molecular weight excluding hydrogens is 196 g/mol. The second-order valence-corrected chi connectivity index (χ2v) is 3.77. The number of aromatic amines is 2. The summed E-state index contributed by atoms with van der Waals surface area (Å²) in [5.41, 5.74) is -0.444. The van der Waals surface area contributed by atoms with Gasteiger partial charge >= 0.3 is 5.69 Å². The normalized spacial score (nSPS) is 23.8. The van der Waals surface area contributed by atoms with Crippen molar-refractivity contribution >= 4 is 0 Å². The third-order valence-electron chi connectivity index (χ3n) is 2.64. The average molecular weight is 208 g/mol. The molecule has 0 radical (unpaired) electrons. The van der Waals surface area contributed by atoms with Crippen molar-refractivity contribution < 1.29 is 4.74 Å². The Morgan fingerprint density at radius 3 is 2.93 bits per heavy atom. The predicted molar refractivity (Wildman–Crippen MR) is 54.6 cm³/mol. The Morgan fingerprint density at radius 2 is 2.27 bits per heavy atom. The van der Waals surface area contributed by atoms with Gasteiger partial charge < -0.3 is 9.72 Å². The second kappa shape index (κ2) is 3.20. The van der Waals surface area contributed by atoms with Gasteiger partial charge in [-0.1, -0.05) is 6.08 Å². The van der Waals surface area contributed by atoms with E-state index in [1.54, 1.807) is 6.08 Å². The first kappa shape index (κ1) is 9.92. The highest BCUT2D eigenvalue weighted by Gasteiger charge is 2.37. The zero-order valence-corrected chi connectivity index (χ0v) is 8.42. The minimum atomic E-state index is -0.634. The van der Waals surface area contributed by atoms with Crippen LogP contribution in [0.4, 0.5) is 0 Å². The summed E-state index contributed by atoms with van der Waals surface area (Å²) in [6.45, 7) is 5.69. The fourth-order valence-electron chi connectivity index (χ4n) is 1.84. The van der Waals surface area contributed by atoms with Gasteiger partial charge in [0.15, 0.2) is 0 Å². The Balaban J connectivity index is 2.64. The SMILES string of the molecule is C=CCC1(C)OCc2c1[nH]c(=O)[nH]c2=O. The molecule has 1 atom stereocenters. The van der Waals surface area contributed by atoms with Crippen LogP contribution in [0.25, 0.3) is 0 Å². The van der Waals surface area contributed by atoms with E-state index in [1.165, 1.54) is 0 Å². The van der Waals surface area contributed by atoms with E-state index in [0.717, 1.165) is 0 Å². The smallest absolute Gasteiger partial charge is 0.326 e. The number of nitrogens with one attached hydrogen (secondary N) is 2. The van der Waals surface area contributed by atoms with Crippen molar-refractivity contribution in [2.45, 2.75) is 25.6 Å². The number of H-pyrrole nitrogens is 2. The lowest BCUT2D eigenvalue weighted by Gasteiger charge is -2.21. The third-order valence-corrected chi connectivity index (χ3v) is 2.64. The molecule has 2 heterocycles. The lowest BCUT2D eigenvalue weighted by molar-refractivity contribution is -0.0231. The molecule has 0 fully saturated rings. The van der Waals surface area contributed by atoms with E-state index in [9.17, 15) is 9.59 Å². The summed E-state index contributed by atoms with van der Waals surface area (Å²) >= 11 is 0. The van der Waals surface area contributed by atoms with Gasteiger partial charge in [0.2, 0.25) is 0 Å². The molecule has 1 unspecified atom stereocenters. The van der Waals surface area contributed by atoms with Crippen LogP contribution in [0.15, 0.2) is 22.2 Å². The Bertz CT molecular complexity index is 514. The topological polar surface area (TPSA) is 75.0 Å². The minimum Gasteiger partial charge on any atom is -0.364 e. The fraction of sp³-hybridized carbons (Fsp3) is 0.400.